The number of rotatable bonds is 12. The third-order valence-electron chi connectivity index (χ3n) is 5.58. The predicted octanol–water partition coefficient (Wildman–Crippen LogP) is -3.71. The van der Waals surface area contributed by atoms with Crippen molar-refractivity contribution in [2.75, 3.05) is 35.0 Å². The zero-order valence-electron chi connectivity index (χ0n) is 20.8. The van der Waals surface area contributed by atoms with E-state index in [4.69, 9.17) is 25.3 Å². The van der Waals surface area contributed by atoms with Gasteiger partial charge < -0.3 is 36.3 Å². The smallest absolute Gasteiger partial charge is 0.264 e. The van der Waals surface area contributed by atoms with Crippen LogP contribution in [0.25, 0.3) is 11.2 Å². The summed E-state index contributed by atoms with van der Waals surface area (Å²) in [5.41, 5.74) is 12.0. The van der Waals surface area contributed by atoms with Crippen molar-refractivity contribution in [3.8, 4) is 0 Å². The van der Waals surface area contributed by atoms with E-state index >= 15 is 0 Å². The van der Waals surface area contributed by atoms with Gasteiger partial charge in [-0.05, 0) is 23.7 Å². The van der Waals surface area contributed by atoms with E-state index in [1.165, 1.54) is 17.2 Å². The molecule has 6 unspecified atom stereocenters. The summed E-state index contributed by atoms with van der Waals surface area (Å²) in [4.78, 5) is 22.8. The molecule has 8 N–H and O–H groups in total. The lowest BCUT2D eigenvalue weighted by molar-refractivity contribution is -0.307. The summed E-state index contributed by atoms with van der Waals surface area (Å²) < 4.78 is 64.2. The van der Waals surface area contributed by atoms with Gasteiger partial charge in [0.15, 0.2) is 17.7 Å². The molecular formula is C19H32N6O11S3. The zero-order valence-corrected chi connectivity index (χ0v) is 23.3. The Morgan fingerprint density at radius 2 is 1.72 bits per heavy atom. The van der Waals surface area contributed by atoms with Gasteiger partial charge in [-0.25, -0.2) is 15.0 Å². The number of hydrogen-bond donors (Lipinski definition) is 6. The molecule has 0 amide bonds. The minimum Gasteiger partial charge on any atom is -0.548 e. The fourth-order valence-electron chi connectivity index (χ4n) is 3.53. The lowest BCUT2D eigenvalue weighted by Gasteiger charge is -2.16. The summed E-state index contributed by atoms with van der Waals surface area (Å²) in [6.07, 6.45) is 1.19. The summed E-state index contributed by atoms with van der Waals surface area (Å²) in [6.45, 7) is 0. The third-order valence-corrected chi connectivity index (χ3v) is 9.02. The molecule has 0 bridgehead atoms. The van der Waals surface area contributed by atoms with Gasteiger partial charge in [0.2, 0.25) is 0 Å². The first-order valence-electron chi connectivity index (χ1n) is 11.4. The minimum atomic E-state index is -4.02. The molecule has 20 heteroatoms. The van der Waals surface area contributed by atoms with Crippen molar-refractivity contribution < 1.29 is 50.8 Å². The van der Waals surface area contributed by atoms with E-state index in [-0.39, 0.29) is 36.0 Å². The highest BCUT2D eigenvalue weighted by Crippen LogP contribution is 2.32. The topological polar surface area (TPSA) is 294 Å². The van der Waals surface area contributed by atoms with E-state index in [2.05, 4.69) is 15.0 Å². The average molecular weight is 617 g/mol. The number of fused-ring (bicyclic) bond motifs is 1. The van der Waals surface area contributed by atoms with E-state index in [1.807, 2.05) is 6.26 Å². The van der Waals surface area contributed by atoms with Crippen LogP contribution in [0.1, 0.15) is 25.5 Å². The van der Waals surface area contributed by atoms with Gasteiger partial charge in [0.1, 0.15) is 41.7 Å². The first-order valence-corrected chi connectivity index (χ1v) is 16.6. The van der Waals surface area contributed by atoms with Gasteiger partial charge in [-0.1, -0.05) is 0 Å². The number of anilines is 1. The number of nitrogen functional groups attached to an aromatic ring is 1. The number of aliphatic hydroxyl groups is 2. The zero-order chi connectivity index (χ0) is 29.5. The molecule has 0 aliphatic carbocycles. The summed E-state index contributed by atoms with van der Waals surface area (Å²) >= 11 is 0. The van der Waals surface area contributed by atoms with Gasteiger partial charge in [0.05, 0.1) is 30.1 Å². The van der Waals surface area contributed by atoms with Crippen molar-refractivity contribution in [1.29, 1.82) is 0 Å². The molecular weight excluding hydrogens is 584 g/mol. The van der Waals surface area contributed by atoms with Crippen LogP contribution in [0.2, 0.25) is 0 Å². The molecule has 222 valence electrons. The number of nitrogens with zero attached hydrogens (tertiary/aromatic N) is 4. The number of aromatic nitrogens is 4. The summed E-state index contributed by atoms with van der Waals surface area (Å²) in [5, 5.41) is 31.5. The Morgan fingerprint density at radius 3 is 2.26 bits per heavy atom. The summed E-state index contributed by atoms with van der Waals surface area (Å²) in [5.74, 6) is -1.03. The molecule has 3 heterocycles. The van der Waals surface area contributed by atoms with Gasteiger partial charge in [0.25, 0.3) is 20.2 Å². The average Bonchev–Trinajstić information content (AvgIpc) is 3.37. The lowest BCUT2D eigenvalue weighted by atomic mass is 10.1. The van der Waals surface area contributed by atoms with E-state index < -0.39 is 68.3 Å². The summed E-state index contributed by atoms with van der Waals surface area (Å²) in [6, 6.07) is -1.02. The molecule has 0 aromatic carbocycles. The van der Waals surface area contributed by atoms with Gasteiger partial charge in [-0.15, -0.1) is 0 Å². The van der Waals surface area contributed by atoms with Gasteiger partial charge in [-0.3, -0.25) is 13.7 Å². The minimum absolute atomic E-state index is 0.0125. The van der Waals surface area contributed by atoms with Crippen molar-refractivity contribution >= 4 is 54.1 Å². The van der Waals surface area contributed by atoms with E-state index in [0.29, 0.717) is 22.7 Å². The van der Waals surface area contributed by atoms with Crippen LogP contribution in [0, 0.1) is 0 Å². The second kappa shape index (κ2) is 13.9. The molecule has 3 rings (SSSR count). The normalized spacial score (nSPS) is 23.2. The largest absolute Gasteiger partial charge is 0.548 e. The standard InChI is InChI=1S/C15H22N6O5S.C4H10O6S2/c1-27(3-2-7(16)15(24)25)4-8-10(22)11(23)14(26-8)21-6-20-9-12(17)18-5-19-13(9)21;5-11(6,7)3-1-2-4-12(8,9)10/h5-8,10-11,14,22-23H,2-4,16H2,1H3,(H2-,17,18,19,24,25);1-4H2,(H,5,6,7)(H,8,9,10). The maximum absolute atomic E-state index is 10.7. The Hall–Kier alpha value is -2.17. The molecule has 1 aliphatic heterocycles. The van der Waals surface area contributed by atoms with Crippen molar-refractivity contribution in [1.82, 2.24) is 19.5 Å². The van der Waals surface area contributed by atoms with Crippen LogP contribution in [0.5, 0.6) is 0 Å². The fraction of sp³-hybridized carbons (Fsp3) is 0.684. The Labute approximate surface area is 227 Å². The molecule has 0 saturated carbocycles. The highest BCUT2D eigenvalue weighted by Gasteiger charge is 2.46. The molecule has 1 fully saturated rings. The quantitative estimate of drug-likeness (QED) is 0.0759. The van der Waals surface area contributed by atoms with Crippen LogP contribution < -0.4 is 16.6 Å². The van der Waals surface area contributed by atoms with E-state index in [9.17, 15) is 36.9 Å². The summed E-state index contributed by atoms with van der Waals surface area (Å²) in [7, 11) is -8.30. The molecule has 1 aliphatic rings. The number of unbranched alkanes of at least 4 members (excludes halogenated alkanes) is 1. The van der Waals surface area contributed by atoms with Crippen molar-refractivity contribution in [3.63, 3.8) is 0 Å². The highest BCUT2D eigenvalue weighted by atomic mass is 32.2. The van der Waals surface area contributed by atoms with Crippen molar-refractivity contribution in [2.24, 2.45) is 5.73 Å². The second-order valence-corrected chi connectivity index (χ2v) is 14.2. The third kappa shape index (κ3) is 10.4. The number of imidazole rings is 1. The maximum atomic E-state index is 10.7. The number of nitrogens with two attached hydrogens (primary N) is 2. The number of carboxylic acid groups (broad SMARTS) is 1. The van der Waals surface area contributed by atoms with Gasteiger partial charge >= 0.3 is 0 Å². The number of carbonyl (C=O) groups is 1. The number of aliphatic carboxylic acids is 1. The van der Waals surface area contributed by atoms with Gasteiger partial charge in [-0.2, -0.15) is 16.8 Å². The van der Waals surface area contributed by atoms with Crippen LogP contribution in [-0.4, -0.2) is 115 Å². The Balaban J connectivity index is 0.000000377. The van der Waals surface area contributed by atoms with E-state index in [0.717, 1.165) is 0 Å². The second-order valence-electron chi connectivity index (χ2n) is 8.77. The molecule has 0 spiro atoms. The highest BCUT2D eigenvalue weighted by molar-refractivity contribution is 7.96. The van der Waals surface area contributed by atoms with Crippen LogP contribution in [0.3, 0.4) is 0 Å². The van der Waals surface area contributed by atoms with Crippen molar-refractivity contribution in [3.05, 3.63) is 12.7 Å². The predicted molar refractivity (Wildman–Crippen MR) is 138 cm³/mol. The van der Waals surface area contributed by atoms with Crippen LogP contribution >= 0.6 is 0 Å². The molecule has 1 saturated heterocycles. The molecule has 0 radical (unpaired) electrons. The Bertz CT molecular complexity index is 1290. The molecule has 39 heavy (non-hydrogen) atoms. The van der Waals surface area contributed by atoms with Gasteiger partial charge in [0, 0.05) is 12.5 Å². The number of ether oxygens (including phenoxy) is 1. The number of aliphatic hydroxyl groups excluding tert-OH is 2. The Morgan fingerprint density at radius 1 is 1.13 bits per heavy atom. The number of carbonyl (C=O) groups excluding carboxylic acids is 1. The van der Waals surface area contributed by atoms with Crippen LogP contribution in [0.4, 0.5) is 5.82 Å². The molecule has 17 nitrogen and oxygen atoms in total. The SMILES string of the molecule is C[S+](CCC(N)C(=O)[O-])CC1OC(n2cnc3c(N)ncnc32)C(O)C1O.O=S(=O)(O)CCCCS(=O)(=O)O. The Kier molecular flexibility index (Phi) is 11.8. The lowest BCUT2D eigenvalue weighted by Crippen LogP contribution is -2.43. The number of carboxylic acids is 1. The number of hydrogen-bond acceptors (Lipinski definition) is 14. The van der Waals surface area contributed by atoms with Crippen molar-refractivity contribution in [2.45, 2.75) is 49.8 Å². The fourth-order valence-corrected chi connectivity index (χ4v) is 6.33. The molecule has 2 aromatic heterocycles. The monoisotopic (exact) mass is 616 g/mol. The van der Waals surface area contributed by atoms with E-state index in [1.54, 1.807) is 0 Å². The maximum Gasteiger partial charge on any atom is 0.264 e. The first kappa shape index (κ1) is 33.0. The molecule has 6 atom stereocenters. The van der Waals surface area contributed by atoms with Crippen LogP contribution in [0.15, 0.2) is 12.7 Å². The molecule has 2 aromatic rings. The first-order chi connectivity index (χ1) is 18.0. The van der Waals surface area contributed by atoms with Crippen LogP contribution in [-0.2, 0) is 40.7 Å².